The van der Waals surface area contributed by atoms with E-state index in [1.165, 1.54) is 0 Å². The summed E-state index contributed by atoms with van der Waals surface area (Å²) in [4.78, 5) is 18.3. The molecule has 4 aromatic heterocycles. The Kier molecular flexibility index (Phi) is 5.67. The van der Waals surface area contributed by atoms with Crippen molar-refractivity contribution >= 4 is 21.5 Å². The molecule has 0 aliphatic rings. The summed E-state index contributed by atoms with van der Waals surface area (Å²) in [5.41, 5.74) is 7.55. The first-order valence-corrected chi connectivity index (χ1v) is 13.6. The minimum absolute atomic E-state index is 0.504. The highest BCUT2D eigenvalue weighted by Crippen LogP contribution is 2.40. The Hall–Kier alpha value is -5.88. The largest absolute Gasteiger partial charge is 0.443 e. The van der Waals surface area contributed by atoms with Crippen molar-refractivity contribution < 1.29 is 8.83 Å². The molecule has 4 aromatic carbocycles. The van der Waals surface area contributed by atoms with E-state index in [0.717, 1.165) is 55.2 Å². The van der Waals surface area contributed by atoms with Crippen molar-refractivity contribution in [3.05, 3.63) is 134 Å². The molecule has 42 heavy (non-hydrogen) atoms. The number of aromatic nitrogens is 4. The molecular weight excluding hydrogens is 520 g/mol. The second kappa shape index (κ2) is 9.94. The molecule has 4 heterocycles. The molecule has 0 amide bonds. The molecular formula is C36H22N4O2. The average molecular weight is 543 g/mol. The fourth-order valence-electron chi connectivity index (χ4n) is 5.62. The normalized spacial score (nSPS) is 11.3. The van der Waals surface area contributed by atoms with Gasteiger partial charge in [0.2, 0.25) is 11.8 Å². The average Bonchev–Trinajstić information content (AvgIpc) is 3.80. The zero-order chi connectivity index (χ0) is 27.9. The fourth-order valence-corrected chi connectivity index (χ4v) is 5.62. The van der Waals surface area contributed by atoms with Crippen LogP contribution in [-0.2, 0) is 0 Å². The topological polar surface area (TPSA) is 77.8 Å². The molecule has 0 unspecified atom stereocenters. The van der Waals surface area contributed by atoms with Gasteiger partial charge in [-0.05, 0) is 56.9 Å². The molecule has 0 aliphatic heterocycles. The third-order valence-electron chi connectivity index (χ3n) is 7.49. The van der Waals surface area contributed by atoms with Gasteiger partial charge in [-0.3, -0.25) is 0 Å². The van der Waals surface area contributed by atoms with Crippen LogP contribution in [0.5, 0.6) is 0 Å². The third kappa shape index (κ3) is 4.05. The van der Waals surface area contributed by atoms with Gasteiger partial charge in [0.05, 0.1) is 23.8 Å². The Morgan fingerprint density at radius 3 is 1.14 bits per heavy atom. The lowest BCUT2D eigenvalue weighted by molar-refractivity contribution is 0.572. The van der Waals surface area contributed by atoms with Gasteiger partial charge in [-0.2, -0.15) is 0 Å². The van der Waals surface area contributed by atoms with E-state index in [2.05, 4.69) is 82.8 Å². The van der Waals surface area contributed by atoms with Crippen molar-refractivity contribution in [1.29, 1.82) is 0 Å². The molecule has 6 heteroatoms. The number of oxazole rings is 2. The molecule has 0 fully saturated rings. The molecule has 0 bridgehead atoms. The Morgan fingerprint density at radius 2 is 0.738 bits per heavy atom. The Bertz CT molecular complexity index is 2040. The third-order valence-corrected chi connectivity index (χ3v) is 7.49. The van der Waals surface area contributed by atoms with E-state index in [9.17, 15) is 0 Å². The summed E-state index contributed by atoms with van der Waals surface area (Å²) in [7, 11) is 0. The lowest BCUT2D eigenvalue weighted by atomic mass is 9.89. The van der Waals surface area contributed by atoms with Gasteiger partial charge in [0.1, 0.15) is 23.9 Å². The van der Waals surface area contributed by atoms with Gasteiger partial charge in [-0.25, -0.2) is 19.9 Å². The molecule has 8 aromatic rings. The van der Waals surface area contributed by atoms with E-state index >= 15 is 0 Å². The summed E-state index contributed by atoms with van der Waals surface area (Å²) >= 11 is 0. The summed E-state index contributed by atoms with van der Waals surface area (Å²) in [5, 5.41) is 4.56. The molecule has 6 nitrogen and oxygen atoms in total. The second-order valence-electron chi connectivity index (χ2n) is 9.90. The van der Waals surface area contributed by atoms with Crippen molar-refractivity contribution in [2.24, 2.45) is 0 Å². The van der Waals surface area contributed by atoms with Crippen LogP contribution in [0.25, 0.3) is 78.4 Å². The number of fused-ring (bicyclic) bond motifs is 2. The maximum absolute atomic E-state index is 5.50. The van der Waals surface area contributed by atoms with Crippen LogP contribution in [0.15, 0.2) is 143 Å². The van der Waals surface area contributed by atoms with Gasteiger partial charge in [0.25, 0.3) is 0 Å². The standard InChI is InChI=1S/C36H22N4O2/c1-3-9-25-23(7-1)27(15-17-29(25)31-11-5-13-33(39-31)35-37-19-21-41-35)28-16-18-30(26-10-4-2-8-24(26)28)32-12-6-14-34(40-32)36-38-20-22-42-36/h1-22H. The lowest BCUT2D eigenvalue weighted by Crippen LogP contribution is -1.92. The van der Waals surface area contributed by atoms with Crippen molar-refractivity contribution in [2.45, 2.75) is 0 Å². The number of nitrogens with zero attached hydrogens (tertiary/aromatic N) is 4. The molecule has 0 saturated carbocycles. The SMILES string of the molecule is c1cc(-c2ncco2)nc(-c2ccc(-c3ccc(-c4cccc(-c5ncco5)n4)c4ccccc34)c3ccccc23)c1. The Morgan fingerprint density at radius 1 is 0.357 bits per heavy atom. The van der Waals surface area contributed by atoms with Crippen LogP contribution >= 0.6 is 0 Å². The molecule has 8 rings (SSSR count). The van der Waals surface area contributed by atoms with Gasteiger partial charge >= 0.3 is 0 Å². The lowest BCUT2D eigenvalue weighted by Gasteiger charge is -2.15. The van der Waals surface area contributed by atoms with Crippen LogP contribution in [0.3, 0.4) is 0 Å². The monoisotopic (exact) mass is 542 g/mol. The molecule has 0 saturated heterocycles. The fraction of sp³-hybridized carbons (Fsp3) is 0. The number of rotatable bonds is 5. The smallest absolute Gasteiger partial charge is 0.245 e. The van der Waals surface area contributed by atoms with Gasteiger partial charge in [-0.1, -0.05) is 84.9 Å². The minimum Gasteiger partial charge on any atom is -0.443 e. The van der Waals surface area contributed by atoms with E-state index in [0.29, 0.717) is 23.2 Å². The molecule has 0 aliphatic carbocycles. The predicted molar refractivity (Wildman–Crippen MR) is 164 cm³/mol. The molecule has 0 N–H and O–H groups in total. The highest BCUT2D eigenvalue weighted by Gasteiger charge is 2.16. The van der Waals surface area contributed by atoms with Gasteiger partial charge in [-0.15, -0.1) is 0 Å². The maximum Gasteiger partial charge on any atom is 0.245 e. The number of hydrogen-bond donors (Lipinski definition) is 0. The molecule has 0 spiro atoms. The van der Waals surface area contributed by atoms with Crippen LogP contribution in [0.4, 0.5) is 0 Å². The van der Waals surface area contributed by atoms with E-state index in [4.69, 9.17) is 18.8 Å². The van der Waals surface area contributed by atoms with E-state index in [1.54, 1.807) is 24.9 Å². The van der Waals surface area contributed by atoms with Crippen LogP contribution in [0, 0.1) is 0 Å². The van der Waals surface area contributed by atoms with E-state index < -0.39 is 0 Å². The highest BCUT2D eigenvalue weighted by atomic mass is 16.3. The van der Waals surface area contributed by atoms with E-state index in [-0.39, 0.29) is 0 Å². The van der Waals surface area contributed by atoms with Crippen molar-refractivity contribution in [3.8, 4) is 56.8 Å². The first kappa shape index (κ1) is 24.0. The van der Waals surface area contributed by atoms with Crippen molar-refractivity contribution in [3.63, 3.8) is 0 Å². The summed E-state index contributed by atoms with van der Waals surface area (Å²) in [6.07, 6.45) is 6.39. The number of hydrogen-bond acceptors (Lipinski definition) is 6. The Balaban J connectivity index is 1.28. The van der Waals surface area contributed by atoms with Crippen LogP contribution < -0.4 is 0 Å². The van der Waals surface area contributed by atoms with Crippen LogP contribution in [-0.4, -0.2) is 19.9 Å². The zero-order valence-electron chi connectivity index (χ0n) is 22.3. The number of pyridine rings is 2. The van der Waals surface area contributed by atoms with E-state index in [1.807, 2.05) is 36.4 Å². The summed E-state index contributed by atoms with van der Waals surface area (Å²) in [6, 6.07) is 37.5. The predicted octanol–water partition coefficient (Wildman–Crippen LogP) is 9.09. The van der Waals surface area contributed by atoms with Crippen molar-refractivity contribution in [1.82, 2.24) is 19.9 Å². The van der Waals surface area contributed by atoms with Crippen LogP contribution in [0.1, 0.15) is 0 Å². The molecule has 0 atom stereocenters. The first-order chi connectivity index (χ1) is 20.8. The molecule has 0 radical (unpaired) electrons. The maximum atomic E-state index is 5.50. The first-order valence-electron chi connectivity index (χ1n) is 13.6. The van der Waals surface area contributed by atoms with Gasteiger partial charge < -0.3 is 8.83 Å². The van der Waals surface area contributed by atoms with Gasteiger partial charge in [0, 0.05) is 11.1 Å². The highest BCUT2D eigenvalue weighted by molar-refractivity contribution is 6.11. The summed E-state index contributed by atoms with van der Waals surface area (Å²) in [5.74, 6) is 1.01. The minimum atomic E-state index is 0.504. The zero-order valence-corrected chi connectivity index (χ0v) is 22.3. The quantitative estimate of drug-likeness (QED) is 0.216. The van der Waals surface area contributed by atoms with Gasteiger partial charge in [0.15, 0.2) is 0 Å². The molecule has 198 valence electrons. The second-order valence-corrected chi connectivity index (χ2v) is 9.90. The summed E-state index contributed by atoms with van der Waals surface area (Å²) < 4.78 is 11.0. The Labute approximate surface area is 241 Å². The number of benzene rings is 4. The van der Waals surface area contributed by atoms with Crippen molar-refractivity contribution in [2.75, 3.05) is 0 Å². The van der Waals surface area contributed by atoms with Crippen LogP contribution in [0.2, 0.25) is 0 Å². The summed E-state index contributed by atoms with van der Waals surface area (Å²) in [6.45, 7) is 0.